The molecule has 0 unspecified atom stereocenters. The summed E-state index contributed by atoms with van der Waals surface area (Å²) in [5.74, 6) is -0.421. The number of pyridine rings is 1. The minimum absolute atomic E-state index is 0.127. The summed E-state index contributed by atoms with van der Waals surface area (Å²) in [4.78, 5) is 15.0. The van der Waals surface area contributed by atoms with Crippen molar-refractivity contribution in [3.8, 4) is 0 Å². The largest absolute Gasteiger partial charge is 0.478 e. The molecule has 98 valence electrons. The summed E-state index contributed by atoms with van der Waals surface area (Å²) in [6.07, 6.45) is 0. The summed E-state index contributed by atoms with van der Waals surface area (Å²) < 4.78 is 0. The van der Waals surface area contributed by atoms with Gasteiger partial charge < -0.3 is 5.11 Å². The second-order valence-electron chi connectivity index (χ2n) is 3.70. The number of nitrogens with zero attached hydrogens (tertiary/aromatic N) is 1. The van der Waals surface area contributed by atoms with Crippen LogP contribution in [0.4, 0.5) is 0 Å². The topological polar surface area (TPSA) is 50.2 Å². The predicted octanol–water partition coefficient (Wildman–Crippen LogP) is 4.38. The normalized spacial score (nSPS) is 10.4. The fourth-order valence-corrected chi connectivity index (χ4v) is 2.91. The maximum absolute atomic E-state index is 10.9. The smallest absolute Gasteiger partial charge is 0.335 e. The van der Waals surface area contributed by atoms with Gasteiger partial charge in [0.2, 0.25) is 0 Å². The van der Waals surface area contributed by atoms with Crippen LogP contribution in [0.1, 0.15) is 15.9 Å². The van der Waals surface area contributed by atoms with Crippen molar-refractivity contribution in [3.05, 3.63) is 57.7 Å². The Labute approximate surface area is 124 Å². The first-order valence-electron chi connectivity index (χ1n) is 5.33. The summed E-state index contributed by atoms with van der Waals surface area (Å²) in [6, 6.07) is 10.3. The summed E-state index contributed by atoms with van der Waals surface area (Å²) in [5, 5.41) is 10.4. The summed E-state index contributed by atoms with van der Waals surface area (Å²) in [7, 11) is 0. The monoisotopic (exact) mass is 313 g/mol. The van der Waals surface area contributed by atoms with Gasteiger partial charge in [-0.3, -0.25) is 0 Å². The molecule has 2 rings (SSSR count). The van der Waals surface area contributed by atoms with Crippen molar-refractivity contribution in [2.24, 2.45) is 0 Å². The number of carboxylic acids is 1. The molecule has 0 atom stereocenters. The van der Waals surface area contributed by atoms with E-state index in [9.17, 15) is 4.79 Å². The average Bonchev–Trinajstić information content (AvgIpc) is 2.37. The van der Waals surface area contributed by atoms with Crippen LogP contribution in [0, 0.1) is 0 Å². The van der Waals surface area contributed by atoms with Crippen molar-refractivity contribution < 1.29 is 9.90 Å². The Hall–Kier alpha value is -1.23. The molecular weight excluding hydrogens is 305 g/mol. The molecule has 0 radical (unpaired) electrons. The molecule has 1 N–H and O–H groups in total. The molecule has 0 spiro atoms. The number of aromatic nitrogens is 1. The van der Waals surface area contributed by atoms with Crippen molar-refractivity contribution in [2.45, 2.75) is 10.8 Å². The third-order valence-electron chi connectivity index (χ3n) is 2.35. The van der Waals surface area contributed by atoms with Gasteiger partial charge in [0.25, 0.3) is 0 Å². The molecular formula is C13H9Cl2NO2S. The fraction of sp³-hybridized carbons (Fsp3) is 0.0769. The second kappa shape index (κ2) is 6.28. The predicted molar refractivity (Wildman–Crippen MR) is 77.2 cm³/mol. The average molecular weight is 314 g/mol. The SMILES string of the molecule is O=C(O)c1cc(Cl)nc(SCc2ccccc2Cl)c1. The van der Waals surface area contributed by atoms with Crippen LogP contribution >= 0.6 is 35.0 Å². The number of hydrogen-bond donors (Lipinski definition) is 1. The second-order valence-corrected chi connectivity index (χ2v) is 5.49. The Bertz CT molecular complexity index is 619. The Balaban J connectivity index is 2.16. The van der Waals surface area contributed by atoms with Crippen LogP contribution in [-0.2, 0) is 5.75 Å². The molecule has 19 heavy (non-hydrogen) atoms. The fourth-order valence-electron chi connectivity index (χ4n) is 1.44. The Morgan fingerprint density at radius 3 is 2.68 bits per heavy atom. The van der Waals surface area contributed by atoms with E-state index in [4.69, 9.17) is 28.3 Å². The van der Waals surface area contributed by atoms with E-state index >= 15 is 0 Å². The zero-order valence-corrected chi connectivity index (χ0v) is 12.0. The van der Waals surface area contributed by atoms with Gasteiger partial charge in [0.15, 0.2) is 0 Å². The Kier molecular flexibility index (Phi) is 4.69. The van der Waals surface area contributed by atoms with Gasteiger partial charge in [-0.05, 0) is 23.8 Å². The molecule has 3 nitrogen and oxygen atoms in total. The number of carbonyl (C=O) groups is 1. The molecule has 1 heterocycles. The standard InChI is InChI=1S/C13H9Cl2NO2S/c14-10-4-2-1-3-8(10)7-19-12-6-9(13(17)18)5-11(15)16-12/h1-6H,7H2,(H,17,18). The van der Waals surface area contributed by atoms with E-state index in [2.05, 4.69) is 4.98 Å². The molecule has 0 saturated carbocycles. The lowest BCUT2D eigenvalue weighted by atomic mass is 10.2. The molecule has 0 aliphatic heterocycles. The lowest BCUT2D eigenvalue weighted by Crippen LogP contribution is -1.98. The maximum Gasteiger partial charge on any atom is 0.335 e. The van der Waals surface area contributed by atoms with E-state index in [-0.39, 0.29) is 10.7 Å². The third kappa shape index (κ3) is 3.86. The highest BCUT2D eigenvalue weighted by atomic mass is 35.5. The van der Waals surface area contributed by atoms with Gasteiger partial charge in [-0.1, -0.05) is 41.4 Å². The van der Waals surface area contributed by atoms with Gasteiger partial charge >= 0.3 is 5.97 Å². The molecule has 2 aromatic rings. The van der Waals surface area contributed by atoms with Gasteiger partial charge in [-0.25, -0.2) is 9.78 Å². The molecule has 0 aliphatic carbocycles. The molecule has 1 aromatic heterocycles. The number of aromatic carboxylic acids is 1. The van der Waals surface area contributed by atoms with Crippen LogP contribution in [0.5, 0.6) is 0 Å². The zero-order valence-electron chi connectivity index (χ0n) is 9.64. The van der Waals surface area contributed by atoms with Crippen molar-refractivity contribution in [2.75, 3.05) is 0 Å². The summed E-state index contributed by atoms with van der Waals surface area (Å²) >= 11 is 13.2. The number of hydrogen-bond acceptors (Lipinski definition) is 3. The van der Waals surface area contributed by atoms with Crippen LogP contribution in [0.15, 0.2) is 41.4 Å². The lowest BCUT2D eigenvalue weighted by molar-refractivity contribution is 0.0696. The van der Waals surface area contributed by atoms with Crippen LogP contribution in [0.2, 0.25) is 10.2 Å². The van der Waals surface area contributed by atoms with Crippen molar-refractivity contribution in [1.82, 2.24) is 4.98 Å². The van der Waals surface area contributed by atoms with E-state index in [1.807, 2.05) is 24.3 Å². The minimum Gasteiger partial charge on any atom is -0.478 e. The molecule has 1 aromatic carbocycles. The van der Waals surface area contributed by atoms with Crippen LogP contribution in [-0.4, -0.2) is 16.1 Å². The summed E-state index contributed by atoms with van der Waals surface area (Å²) in [5.41, 5.74) is 1.09. The van der Waals surface area contributed by atoms with Crippen molar-refractivity contribution in [3.63, 3.8) is 0 Å². The number of rotatable bonds is 4. The highest BCUT2D eigenvalue weighted by Gasteiger charge is 2.08. The number of halogens is 2. The quantitative estimate of drug-likeness (QED) is 0.672. The van der Waals surface area contributed by atoms with Crippen molar-refractivity contribution >= 4 is 40.9 Å². The van der Waals surface area contributed by atoms with Crippen LogP contribution < -0.4 is 0 Å². The number of thioether (sulfide) groups is 1. The minimum atomic E-state index is -1.02. The van der Waals surface area contributed by atoms with E-state index in [1.54, 1.807) is 0 Å². The summed E-state index contributed by atoms with van der Waals surface area (Å²) in [6.45, 7) is 0. The molecule has 0 saturated heterocycles. The number of carboxylic acid groups (broad SMARTS) is 1. The molecule has 0 amide bonds. The van der Waals surface area contributed by atoms with Gasteiger partial charge in [0.05, 0.1) is 10.6 Å². The first-order chi connectivity index (χ1) is 9.06. The van der Waals surface area contributed by atoms with E-state index in [1.165, 1.54) is 23.9 Å². The van der Waals surface area contributed by atoms with E-state index in [0.29, 0.717) is 15.8 Å². The van der Waals surface area contributed by atoms with Gasteiger partial charge in [-0.15, -0.1) is 11.8 Å². The molecule has 0 bridgehead atoms. The van der Waals surface area contributed by atoms with Crippen molar-refractivity contribution in [1.29, 1.82) is 0 Å². The van der Waals surface area contributed by atoms with E-state index in [0.717, 1.165) is 5.56 Å². The Morgan fingerprint density at radius 1 is 1.26 bits per heavy atom. The van der Waals surface area contributed by atoms with Gasteiger partial charge in [0.1, 0.15) is 5.15 Å². The Morgan fingerprint density at radius 2 is 2.00 bits per heavy atom. The highest BCUT2D eigenvalue weighted by molar-refractivity contribution is 7.98. The van der Waals surface area contributed by atoms with Crippen LogP contribution in [0.25, 0.3) is 0 Å². The molecule has 0 aliphatic rings. The first kappa shape index (κ1) is 14.2. The zero-order chi connectivity index (χ0) is 13.8. The maximum atomic E-state index is 10.9. The molecule has 0 fully saturated rings. The van der Waals surface area contributed by atoms with Gasteiger partial charge in [-0.2, -0.15) is 0 Å². The third-order valence-corrected chi connectivity index (χ3v) is 3.87. The lowest BCUT2D eigenvalue weighted by Gasteiger charge is -2.05. The van der Waals surface area contributed by atoms with Gasteiger partial charge in [0, 0.05) is 10.8 Å². The molecule has 6 heteroatoms. The first-order valence-corrected chi connectivity index (χ1v) is 7.07. The van der Waals surface area contributed by atoms with E-state index < -0.39 is 5.97 Å². The van der Waals surface area contributed by atoms with Crippen LogP contribution in [0.3, 0.4) is 0 Å². The highest BCUT2D eigenvalue weighted by Crippen LogP contribution is 2.27. The number of benzene rings is 1.